The van der Waals surface area contributed by atoms with Gasteiger partial charge in [-0.15, -0.1) is 0 Å². The molecule has 1 fully saturated rings. The fourth-order valence-corrected chi connectivity index (χ4v) is 3.82. The Morgan fingerprint density at radius 3 is 2.80 bits per heavy atom. The van der Waals surface area contributed by atoms with Crippen molar-refractivity contribution in [3.05, 3.63) is 41.7 Å². The second-order valence-electron chi connectivity index (χ2n) is 7.58. The zero-order valence-corrected chi connectivity index (χ0v) is 14.3. The summed E-state index contributed by atoms with van der Waals surface area (Å²) in [5.74, 6) is 0.0292. The molecule has 1 aromatic rings. The average Bonchev–Trinajstić information content (AvgIpc) is 2.53. The molecule has 0 radical (unpaired) electrons. The van der Waals surface area contributed by atoms with E-state index in [9.17, 15) is 15.0 Å². The van der Waals surface area contributed by atoms with E-state index in [1.54, 1.807) is 0 Å². The van der Waals surface area contributed by atoms with Crippen molar-refractivity contribution in [2.75, 3.05) is 0 Å². The van der Waals surface area contributed by atoms with E-state index in [1.807, 2.05) is 44.2 Å². The first-order valence-electron chi connectivity index (χ1n) is 8.63. The van der Waals surface area contributed by atoms with Crippen LogP contribution in [0.5, 0.6) is 5.75 Å². The molecule has 0 aromatic heterocycles. The SMILES string of the molecule is CC1(C)C=Cc2cc(C3=COC4CC(O)CC(O)C4C3=O)ccc2O1. The summed E-state index contributed by atoms with van der Waals surface area (Å²) in [6.45, 7) is 3.97. The lowest BCUT2D eigenvalue weighted by molar-refractivity contribution is -0.137. The number of benzene rings is 1. The molecule has 4 unspecified atom stereocenters. The van der Waals surface area contributed by atoms with Crippen LogP contribution < -0.4 is 4.74 Å². The smallest absolute Gasteiger partial charge is 0.175 e. The van der Waals surface area contributed by atoms with Gasteiger partial charge in [-0.2, -0.15) is 0 Å². The van der Waals surface area contributed by atoms with Crippen LogP contribution in [-0.2, 0) is 9.53 Å². The van der Waals surface area contributed by atoms with Crippen LogP contribution >= 0.6 is 0 Å². The number of rotatable bonds is 1. The molecular formula is C20H22O5. The molecule has 5 heteroatoms. The molecule has 2 aliphatic heterocycles. The van der Waals surface area contributed by atoms with Crippen LogP contribution in [-0.4, -0.2) is 39.9 Å². The largest absolute Gasteiger partial charge is 0.496 e. The molecule has 3 aliphatic rings. The molecule has 2 N–H and O–H groups in total. The van der Waals surface area contributed by atoms with Gasteiger partial charge in [-0.25, -0.2) is 0 Å². The number of Topliss-reactive ketones (excluding diaryl/α,β-unsaturated/α-hetero) is 1. The number of carbonyl (C=O) groups is 1. The summed E-state index contributed by atoms with van der Waals surface area (Å²) >= 11 is 0. The quantitative estimate of drug-likeness (QED) is 0.819. The van der Waals surface area contributed by atoms with Crippen LogP contribution in [0.3, 0.4) is 0 Å². The monoisotopic (exact) mass is 342 g/mol. The maximum absolute atomic E-state index is 12.9. The van der Waals surface area contributed by atoms with Gasteiger partial charge < -0.3 is 19.7 Å². The fraction of sp³-hybridized carbons (Fsp3) is 0.450. The van der Waals surface area contributed by atoms with Gasteiger partial charge in [0.1, 0.15) is 17.5 Å². The predicted molar refractivity (Wildman–Crippen MR) is 92.8 cm³/mol. The fourth-order valence-electron chi connectivity index (χ4n) is 3.82. The molecule has 0 amide bonds. The molecule has 0 spiro atoms. The van der Waals surface area contributed by atoms with Crippen LogP contribution in [0, 0.1) is 5.92 Å². The third kappa shape index (κ3) is 2.87. The lowest BCUT2D eigenvalue weighted by Gasteiger charge is -2.39. The summed E-state index contributed by atoms with van der Waals surface area (Å²) in [5.41, 5.74) is 1.76. The van der Waals surface area contributed by atoms with Gasteiger partial charge in [0.25, 0.3) is 0 Å². The Hall–Kier alpha value is -2.11. The highest BCUT2D eigenvalue weighted by atomic mass is 16.5. The number of carbonyl (C=O) groups excluding carboxylic acids is 1. The average molecular weight is 342 g/mol. The molecule has 5 nitrogen and oxygen atoms in total. The second kappa shape index (κ2) is 5.71. The molecular weight excluding hydrogens is 320 g/mol. The maximum atomic E-state index is 12.9. The highest BCUT2D eigenvalue weighted by Crippen LogP contribution is 2.38. The van der Waals surface area contributed by atoms with E-state index < -0.39 is 24.2 Å². The molecule has 4 rings (SSSR count). The lowest BCUT2D eigenvalue weighted by Crippen LogP contribution is -2.48. The Balaban J connectivity index is 1.66. The predicted octanol–water partition coefficient (Wildman–Crippen LogP) is 2.31. The zero-order valence-electron chi connectivity index (χ0n) is 14.3. The molecule has 1 aromatic carbocycles. The number of allylic oxidation sites excluding steroid dienone is 1. The molecule has 132 valence electrons. The second-order valence-corrected chi connectivity index (χ2v) is 7.58. The Bertz CT molecular complexity index is 776. The number of ketones is 1. The van der Waals surface area contributed by atoms with Crippen LogP contribution in [0.25, 0.3) is 11.6 Å². The van der Waals surface area contributed by atoms with Crippen molar-refractivity contribution in [3.63, 3.8) is 0 Å². The highest BCUT2D eigenvalue weighted by molar-refractivity contribution is 6.22. The van der Waals surface area contributed by atoms with E-state index in [0.29, 0.717) is 12.0 Å². The van der Waals surface area contributed by atoms with Gasteiger partial charge >= 0.3 is 0 Å². The molecule has 2 heterocycles. The van der Waals surface area contributed by atoms with Gasteiger partial charge in [0.2, 0.25) is 0 Å². The maximum Gasteiger partial charge on any atom is 0.175 e. The van der Waals surface area contributed by atoms with Gasteiger partial charge in [-0.3, -0.25) is 4.79 Å². The van der Waals surface area contributed by atoms with Crippen LogP contribution in [0.4, 0.5) is 0 Å². The van der Waals surface area contributed by atoms with Crippen molar-refractivity contribution in [1.82, 2.24) is 0 Å². The van der Waals surface area contributed by atoms with Crippen LogP contribution in [0.2, 0.25) is 0 Å². The number of fused-ring (bicyclic) bond motifs is 2. The van der Waals surface area contributed by atoms with Crippen molar-refractivity contribution in [1.29, 1.82) is 0 Å². The first kappa shape index (κ1) is 16.4. The van der Waals surface area contributed by atoms with Gasteiger partial charge in [0.05, 0.1) is 30.0 Å². The molecule has 1 saturated carbocycles. The summed E-state index contributed by atoms with van der Waals surface area (Å²) in [6, 6.07) is 5.60. The van der Waals surface area contributed by atoms with Gasteiger partial charge in [-0.05, 0) is 37.6 Å². The zero-order chi connectivity index (χ0) is 17.8. The van der Waals surface area contributed by atoms with Crippen molar-refractivity contribution < 1.29 is 24.5 Å². The molecule has 1 aliphatic carbocycles. The Kier molecular flexibility index (Phi) is 3.74. The van der Waals surface area contributed by atoms with Crippen molar-refractivity contribution in [3.8, 4) is 5.75 Å². The lowest BCUT2D eigenvalue weighted by atomic mass is 9.76. The molecule has 4 atom stereocenters. The molecule has 25 heavy (non-hydrogen) atoms. The van der Waals surface area contributed by atoms with Crippen LogP contribution in [0.15, 0.2) is 30.5 Å². The Labute approximate surface area is 146 Å². The summed E-state index contributed by atoms with van der Waals surface area (Å²) in [6.07, 6.45) is 4.04. The van der Waals surface area contributed by atoms with Crippen molar-refractivity contribution >= 4 is 17.4 Å². The van der Waals surface area contributed by atoms with E-state index in [-0.39, 0.29) is 17.8 Å². The summed E-state index contributed by atoms with van der Waals surface area (Å²) < 4.78 is 11.6. The van der Waals surface area contributed by atoms with Gasteiger partial charge in [-0.1, -0.05) is 12.1 Å². The first-order valence-corrected chi connectivity index (χ1v) is 8.63. The Morgan fingerprint density at radius 2 is 2.00 bits per heavy atom. The number of aliphatic hydroxyl groups is 2. The standard InChI is InChI=1S/C20H22O5/c1-20(2)6-5-12-7-11(3-4-16(12)25-20)14-10-24-17-9-13(21)8-15(22)18(17)19(14)23/h3-7,10,13,15,17-18,21-22H,8-9H2,1-2H3. The number of ether oxygens (including phenoxy) is 2. The summed E-state index contributed by atoms with van der Waals surface area (Å²) in [4.78, 5) is 12.9. The Morgan fingerprint density at radius 1 is 1.20 bits per heavy atom. The van der Waals surface area contributed by atoms with Crippen molar-refractivity contribution in [2.45, 2.75) is 50.6 Å². The third-order valence-electron chi connectivity index (χ3n) is 5.12. The number of aliphatic hydroxyl groups excluding tert-OH is 2. The van der Waals surface area contributed by atoms with E-state index in [1.165, 1.54) is 6.26 Å². The van der Waals surface area contributed by atoms with E-state index in [2.05, 4.69) is 0 Å². The highest BCUT2D eigenvalue weighted by Gasteiger charge is 2.45. The topological polar surface area (TPSA) is 76.0 Å². The van der Waals surface area contributed by atoms with E-state index >= 15 is 0 Å². The number of hydrogen-bond acceptors (Lipinski definition) is 5. The molecule has 0 saturated heterocycles. The first-order chi connectivity index (χ1) is 11.8. The minimum Gasteiger partial charge on any atom is -0.496 e. The van der Waals surface area contributed by atoms with Crippen molar-refractivity contribution in [2.24, 2.45) is 5.92 Å². The van der Waals surface area contributed by atoms with Gasteiger partial charge in [0.15, 0.2) is 5.78 Å². The van der Waals surface area contributed by atoms with Gasteiger partial charge in [0, 0.05) is 18.4 Å². The van der Waals surface area contributed by atoms with E-state index in [0.717, 1.165) is 16.9 Å². The van der Waals surface area contributed by atoms with Crippen LogP contribution in [0.1, 0.15) is 37.8 Å². The third-order valence-corrected chi connectivity index (χ3v) is 5.12. The minimum atomic E-state index is -0.883. The summed E-state index contributed by atoms with van der Waals surface area (Å²) in [7, 11) is 0. The minimum absolute atomic E-state index is 0.128. The van der Waals surface area contributed by atoms with E-state index in [4.69, 9.17) is 9.47 Å². The molecule has 0 bridgehead atoms. The number of hydrogen-bond donors (Lipinski definition) is 2. The summed E-state index contributed by atoms with van der Waals surface area (Å²) in [5, 5.41) is 20.0. The normalized spacial score (nSPS) is 32.8.